The van der Waals surface area contributed by atoms with Crippen LogP contribution in [0.5, 0.6) is 0 Å². The van der Waals surface area contributed by atoms with Gasteiger partial charge in [-0.05, 0) is 32.0 Å². The van der Waals surface area contributed by atoms with E-state index in [0.29, 0.717) is 11.4 Å². The van der Waals surface area contributed by atoms with Gasteiger partial charge in [-0.2, -0.15) is 0 Å². The summed E-state index contributed by atoms with van der Waals surface area (Å²) in [7, 11) is 0. The van der Waals surface area contributed by atoms with E-state index in [2.05, 4.69) is 36.7 Å². The average molecular weight is 222 g/mol. The lowest BCUT2D eigenvalue weighted by Gasteiger charge is -2.30. The minimum Gasteiger partial charge on any atom is -0.284 e. The first-order chi connectivity index (χ1) is 7.24. The van der Waals surface area contributed by atoms with Crippen LogP contribution in [0.4, 0.5) is 0 Å². The second-order valence-corrected chi connectivity index (χ2v) is 5.20. The van der Waals surface area contributed by atoms with Gasteiger partial charge in [0.25, 0.3) is 0 Å². The summed E-state index contributed by atoms with van der Waals surface area (Å²) in [6, 6.07) is 4.82. The predicted molar refractivity (Wildman–Crippen MR) is 65.8 cm³/mol. The van der Waals surface area contributed by atoms with E-state index in [1.165, 1.54) is 11.3 Å². The van der Waals surface area contributed by atoms with E-state index in [1.807, 2.05) is 24.0 Å². The summed E-state index contributed by atoms with van der Waals surface area (Å²) in [5, 5.41) is 0.464. The monoisotopic (exact) mass is 222 g/mol. The van der Waals surface area contributed by atoms with Gasteiger partial charge in [0.15, 0.2) is 0 Å². The molecule has 0 spiro atoms. The smallest absolute Gasteiger partial charge is 0.0995 e. The molecule has 1 aliphatic heterocycles. The molecule has 0 bridgehead atoms. The Labute approximate surface area is 96.1 Å². The summed E-state index contributed by atoms with van der Waals surface area (Å²) in [6.45, 7) is 7.82. The van der Waals surface area contributed by atoms with Gasteiger partial charge in [0.05, 0.1) is 11.1 Å². The number of hydrogen-bond acceptors (Lipinski definition) is 3. The van der Waals surface area contributed by atoms with E-state index in [4.69, 9.17) is 0 Å². The fourth-order valence-corrected chi connectivity index (χ4v) is 3.63. The molecule has 2 rings (SSSR count). The van der Waals surface area contributed by atoms with Crippen molar-refractivity contribution in [2.45, 2.75) is 37.9 Å². The number of aromatic nitrogens is 1. The Morgan fingerprint density at radius 3 is 3.07 bits per heavy atom. The number of rotatable bonds is 3. The third-order valence-electron chi connectivity index (χ3n) is 2.89. The van der Waals surface area contributed by atoms with E-state index in [1.54, 1.807) is 0 Å². The standard InChI is InChI=1S/C12H18N2S/c1-4-14(9(2)3)12-11-10(8-15-12)6-5-7-13-11/h5-7,9,12H,4,8H2,1-3H3. The first-order valence-corrected chi connectivity index (χ1v) is 6.60. The molecule has 2 heterocycles. The molecule has 1 aromatic rings. The van der Waals surface area contributed by atoms with Crippen LogP contribution in [-0.4, -0.2) is 22.5 Å². The largest absolute Gasteiger partial charge is 0.284 e. The maximum Gasteiger partial charge on any atom is 0.0995 e. The molecule has 0 aliphatic carbocycles. The molecule has 2 nitrogen and oxygen atoms in total. The lowest BCUT2D eigenvalue weighted by Crippen LogP contribution is -2.32. The van der Waals surface area contributed by atoms with Gasteiger partial charge in [-0.15, -0.1) is 11.8 Å². The van der Waals surface area contributed by atoms with Gasteiger partial charge in [-0.1, -0.05) is 13.0 Å². The van der Waals surface area contributed by atoms with Crippen LogP contribution in [0.25, 0.3) is 0 Å². The molecule has 0 fully saturated rings. The van der Waals surface area contributed by atoms with E-state index >= 15 is 0 Å². The van der Waals surface area contributed by atoms with Crippen molar-refractivity contribution >= 4 is 11.8 Å². The Hall–Kier alpha value is -0.540. The first-order valence-electron chi connectivity index (χ1n) is 5.55. The van der Waals surface area contributed by atoms with Crippen molar-refractivity contribution in [2.24, 2.45) is 0 Å². The number of nitrogens with zero attached hydrogens (tertiary/aromatic N) is 2. The molecule has 1 unspecified atom stereocenters. The molecule has 82 valence electrons. The van der Waals surface area contributed by atoms with Crippen LogP contribution in [0.2, 0.25) is 0 Å². The van der Waals surface area contributed by atoms with Crippen LogP contribution in [0, 0.1) is 0 Å². The highest BCUT2D eigenvalue weighted by Crippen LogP contribution is 2.42. The lowest BCUT2D eigenvalue weighted by molar-refractivity contribution is 0.217. The second kappa shape index (κ2) is 4.54. The van der Waals surface area contributed by atoms with Gasteiger partial charge in [-0.3, -0.25) is 9.88 Å². The Balaban J connectivity index is 2.26. The van der Waals surface area contributed by atoms with Gasteiger partial charge in [-0.25, -0.2) is 0 Å². The number of hydrogen-bond donors (Lipinski definition) is 0. The highest BCUT2D eigenvalue weighted by atomic mass is 32.2. The van der Waals surface area contributed by atoms with Gasteiger partial charge in [0.1, 0.15) is 0 Å². The Kier molecular flexibility index (Phi) is 3.32. The maximum atomic E-state index is 4.53. The van der Waals surface area contributed by atoms with Crippen molar-refractivity contribution in [1.29, 1.82) is 0 Å². The third-order valence-corrected chi connectivity index (χ3v) is 4.17. The summed E-state index contributed by atoms with van der Waals surface area (Å²) < 4.78 is 0. The average Bonchev–Trinajstić information content (AvgIpc) is 2.63. The molecule has 15 heavy (non-hydrogen) atoms. The van der Waals surface area contributed by atoms with Crippen LogP contribution in [0.15, 0.2) is 18.3 Å². The highest BCUT2D eigenvalue weighted by molar-refractivity contribution is 7.99. The van der Waals surface area contributed by atoms with Crippen molar-refractivity contribution in [2.75, 3.05) is 6.54 Å². The first kappa shape index (κ1) is 11.0. The quantitative estimate of drug-likeness (QED) is 0.782. The molecule has 1 atom stereocenters. The zero-order valence-corrected chi connectivity index (χ0v) is 10.4. The summed E-state index contributed by atoms with van der Waals surface area (Å²) in [6.07, 6.45) is 1.91. The van der Waals surface area contributed by atoms with E-state index in [9.17, 15) is 0 Å². The Morgan fingerprint density at radius 1 is 1.60 bits per heavy atom. The molecule has 0 saturated heterocycles. The summed E-state index contributed by atoms with van der Waals surface area (Å²) in [5.41, 5.74) is 2.68. The fraction of sp³-hybridized carbons (Fsp3) is 0.583. The Bertz CT molecular complexity index is 338. The Morgan fingerprint density at radius 2 is 2.40 bits per heavy atom. The SMILES string of the molecule is CCN(C(C)C)C1SCc2cccnc21. The molecular formula is C12H18N2S. The topological polar surface area (TPSA) is 16.1 Å². The van der Waals surface area contributed by atoms with Crippen molar-refractivity contribution < 1.29 is 0 Å². The normalized spacial score (nSPS) is 19.9. The van der Waals surface area contributed by atoms with Crippen molar-refractivity contribution in [3.8, 4) is 0 Å². The molecule has 0 N–H and O–H groups in total. The van der Waals surface area contributed by atoms with Crippen LogP contribution >= 0.6 is 11.8 Å². The molecule has 0 saturated carbocycles. The molecule has 0 aromatic carbocycles. The van der Waals surface area contributed by atoms with Gasteiger partial charge in [0, 0.05) is 18.0 Å². The van der Waals surface area contributed by atoms with Crippen LogP contribution in [-0.2, 0) is 5.75 Å². The van der Waals surface area contributed by atoms with Crippen LogP contribution in [0.3, 0.4) is 0 Å². The number of pyridine rings is 1. The zero-order valence-electron chi connectivity index (χ0n) is 9.60. The second-order valence-electron chi connectivity index (χ2n) is 4.14. The van der Waals surface area contributed by atoms with Crippen molar-refractivity contribution in [3.63, 3.8) is 0 Å². The zero-order chi connectivity index (χ0) is 10.8. The molecular weight excluding hydrogens is 204 g/mol. The van der Waals surface area contributed by atoms with Crippen LogP contribution in [0.1, 0.15) is 37.4 Å². The summed E-state index contributed by atoms with van der Waals surface area (Å²) >= 11 is 2.00. The highest BCUT2D eigenvalue weighted by Gasteiger charge is 2.30. The lowest BCUT2D eigenvalue weighted by atomic mass is 10.2. The van der Waals surface area contributed by atoms with Crippen molar-refractivity contribution in [1.82, 2.24) is 9.88 Å². The van der Waals surface area contributed by atoms with E-state index < -0.39 is 0 Å². The minimum atomic E-state index is 0.464. The summed E-state index contributed by atoms with van der Waals surface area (Å²) in [4.78, 5) is 7.03. The predicted octanol–water partition coefficient (Wildman–Crippen LogP) is 3.06. The molecule has 0 amide bonds. The molecule has 1 aliphatic rings. The van der Waals surface area contributed by atoms with Gasteiger partial charge in [0.2, 0.25) is 0 Å². The molecule has 0 radical (unpaired) electrons. The maximum absolute atomic E-state index is 4.53. The molecule has 1 aromatic heterocycles. The van der Waals surface area contributed by atoms with Crippen LogP contribution < -0.4 is 0 Å². The van der Waals surface area contributed by atoms with Gasteiger partial charge >= 0.3 is 0 Å². The van der Waals surface area contributed by atoms with Gasteiger partial charge < -0.3 is 0 Å². The third kappa shape index (κ3) is 2.04. The van der Waals surface area contributed by atoms with Crippen molar-refractivity contribution in [3.05, 3.63) is 29.6 Å². The number of thioether (sulfide) groups is 1. The van der Waals surface area contributed by atoms with E-state index in [0.717, 1.165) is 12.3 Å². The number of fused-ring (bicyclic) bond motifs is 1. The molecule has 3 heteroatoms. The minimum absolute atomic E-state index is 0.464. The van der Waals surface area contributed by atoms with E-state index in [-0.39, 0.29) is 0 Å². The fourth-order valence-electron chi connectivity index (χ4n) is 2.10. The summed E-state index contributed by atoms with van der Waals surface area (Å²) in [5.74, 6) is 1.11.